The van der Waals surface area contributed by atoms with Gasteiger partial charge in [0, 0.05) is 13.0 Å². The molecule has 10 nitrogen and oxygen atoms in total. The quantitative estimate of drug-likeness (QED) is 0.0199. The van der Waals surface area contributed by atoms with Crippen molar-refractivity contribution < 1.29 is 42.8 Å². The van der Waals surface area contributed by atoms with E-state index in [1.54, 1.807) is 0 Å². The molecule has 0 radical (unpaired) electrons. The number of carbonyl (C=O) groups excluding carboxylic acids is 3. The van der Waals surface area contributed by atoms with Crippen LogP contribution in [0.1, 0.15) is 162 Å². The van der Waals surface area contributed by atoms with Crippen LogP contribution >= 0.6 is 0 Å². The first-order valence-corrected chi connectivity index (χ1v) is 21.1. The molecule has 53 heavy (non-hydrogen) atoms. The molecular formula is C43H79NO9. The molecule has 0 aliphatic carbocycles. The highest BCUT2D eigenvalue weighted by molar-refractivity contribution is 5.73. The molecule has 0 rings (SSSR count). The van der Waals surface area contributed by atoms with Crippen LogP contribution in [0.25, 0.3) is 0 Å². The molecule has 0 amide bonds. The minimum Gasteiger partial charge on any atom is -0.465 e. The van der Waals surface area contributed by atoms with Crippen LogP contribution < -0.4 is 0 Å². The van der Waals surface area contributed by atoms with Crippen molar-refractivity contribution in [3.05, 3.63) is 24.3 Å². The fraction of sp³-hybridized carbons (Fsp3) is 0.837. The maximum absolute atomic E-state index is 13.1. The number of unbranched alkanes of at least 4 members (excludes halogenated alkanes) is 16. The Morgan fingerprint density at radius 3 is 1.62 bits per heavy atom. The lowest BCUT2D eigenvalue weighted by Crippen LogP contribution is -2.33. The Morgan fingerprint density at radius 1 is 0.528 bits per heavy atom. The zero-order valence-electron chi connectivity index (χ0n) is 34.6. The standard InChI is InChI=1S/C43H79NO9/c1-6-9-12-15-16-17-18-19-20-21-22-23-24-25-28-31-40(45)51-36-39(38-53-43(47)50-35-32-44(4)5)37-52-41(46)42(48-33-29-26-13-10-7-2)49-34-30-27-14-11-8-3/h16-17,19-20,39,42H,6-15,18,21-38H2,1-5H3. The molecule has 0 aromatic carbocycles. The molecule has 0 aliphatic rings. The summed E-state index contributed by atoms with van der Waals surface area (Å²) in [4.78, 5) is 39.8. The number of ether oxygens (including phenoxy) is 6. The lowest BCUT2D eigenvalue weighted by atomic mass is 10.1. The van der Waals surface area contributed by atoms with Gasteiger partial charge in [-0.3, -0.25) is 4.79 Å². The highest BCUT2D eigenvalue weighted by atomic mass is 16.7. The number of esters is 2. The lowest BCUT2D eigenvalue weighted by Gasteiger charge is -2.21. The van der Waals surface area contributed by atoms with Crippen molar-refractivity contribution in [2.45, 2.75) is 168 Å². The van der Waals surface area contributed by atoms with Crippen LogP contribution in [0.4, 0.5) is 4.79 Å². The summed E-state index contributed by atoms with van der Waals surface area (Å²) in [5.41, 5.74) is 0. The van der Waals surface area contributed by atoms with Gasteiger partial charge < -0.3 is 33.3 Å². The highest BCUT2D eigenvalue weighted by Gasteiger charge is 2.25. The summed E-state index contributed by atoms with van der Waals surface area (Å²) in [5, 5.41) is 0. The van der Waals surface area contributed by atoms with E-state index >= 15 is 0 Å². The van der Waals surface area contributed by atoms with Gasteiger partial charge in [0.1, 0.15) is 26.4 Å². The topological polar surface area (TPSA) is 110 Å². The van der Waals surface area contributed by atoms with Crippen LogP contribution in [-0.4, -0.2) is 89.6 Å². The summed E-state index contributed by atoms with van der Waals surface area (Å²) in [6.07, 6.45) is 30.2. The summed E-state index contributed by atoms with van der Waals surface area (Å²) in [5.74, 6) is -1.53. The van der Waals surface area contributed by atoms with E-state index in [0.717, 1.165) is 96.3 Å². The number of hydrogen-bond donors (Lipinski definition) is 0. The summed E-state index contributed by atoms with van der Waals surface area (Å²) in [7, 11) is 3.75. The predicted molar refractivity (Wildman–Crippen MR) is 214 cm³/mol. The molecule has 0 spiro atoms. The Bertz CT molecular complexity index is 892. The third-order valence-electron chi connectivity index (χ3n) is 8.69. The number of allylic oxidation sites excluding steroid dienone is 4. The maximum atomic E-state index is 13.1. The average Bonchev–Trinajstić information content (AvgIpc) is 3.14. The van der Waals surface area contributed by atoms with Crippen LogP contribution in [0.5, 0.6) is 0 Å². The van der Waals surface area contributed by atoms with E-state index in [2.05, 4.69) is 45.1 Å². The normalized spacial score (nSPS) is 12.3. The van der Waals surface area contributed by atoms with Crippen molar-refractivity contribution in [2.75, 3.05) is 60.3 Å². The van der Waals surface area contributed by atoms with Crippen LogP contribution in [0, 0.1) is 5.92 Å². The minimum absolute atomic E-state index is 0.0570. The molecule has 0 heterocycles. The van der Waals surface area contributed by atoms with Crippen molar-refractivity contribution in [3.63, 3.8) is 0 Å². The third-order valence-corrected chi connectivity index (χ3v) is 8.69. The molecule has 0 saturated carbocycles. The van der Waals surface area contributed by atoms with Gasteiger partial charge >= 0.3 is 18.1 Å². The van der Waals surface area contributed by atoms with Gasteiger partial charge in [-0.1, -0.05) is 129 Å². The monoisotopic (exact) mass is 754 g/mol. The first-order chi connectivity index (χ1) is 25.8. The van der Waals surface area contributed by atoms with Crippen molar-refractivity contribution in [3.8, 4) is 0 Å². The molecule has 0 N–H and O–H groups in total. The Labute approximate surface area is 324 Å². The number of hydrogen-bond acceptors (Lipinski definition) is 10. The smallest absolute Gasteiger partial charge is 0.465 e. The van der Waals surface area contributed by atoms with E-state index in [1.807, 2.05) is 19.0 Å². The number of carbonyl (C=O) groups is 3. The molecule has 10 heteroatoms. The lowest BCUT2D eigenvalue weighted by molar-refractivity contribution is -0.197. The van der Waals surface area contributed by atoms with Gasteiger partial charge in [0.15, 0.2) is 0 Å². The van der Waals surface area contributed by atoms with Crippen LogP contribution in [0.15, 0.2) is 24.3 Å². The number of nitrogens with zero attached hydrogens (tertiary/aromatic N) is 1. The van der Waals surface area contributed by atoms with Gasteiger partial charge in [0.25, 0.3) is 6.29 Å². The van der Waals surface area contributed by atoms with E-state index in [-0.39, 0.29) is 32.4 Å². The summed E-state index contributed by atoms with van der Waals surface area (Å²) < 4.78 is 33.2. The van der Waals surface area contributed by atoms with Gasteiger partial charge in [0.2, 0.25) is 0 Å². The second-order valence-electron chi connectivity index (χ2n) is 14.3. The Morgan fingerprint density at radius 2 is 1.02 bits per heavy atom. The highest BCUT2D eigenvalue weighted by Crippen LogP contribution is 2.12. The van der Waals surface area contributed by atoms with Crippen molar-refractivity contribution in [2.24, 2.45) is 5.92 Å². The maximum Gasteiger partial charge on any atom is 0.508 e. The first kappa shape index (κ1) is 50.6. The van der Waals surface area contributed by atoms with Crippen molar-refractivity contribution in [1.82, 2.24) is 4.90 Å². The van der Waals surface area contributed by atoms with E-state index in [4.69, 9.17) is 28.4 Å². The minimum atomic E-state index is -1.13. The Balaban J connectivity index is 4.77. The van der Waals surface area contributed by atoms with E-state index in [0.29, 0.717) is 26.2 Å². The van der Waals surface area contributed by atoms with Crippen LogP contribution in [0.3, 0.4) is 0 Å². The average molecular weight is 754 g/mol. The van der Waals surface area contributed by atoms with E-state index in [1.165, 1.54) is 38.5 Å². The van der Waals surface area contributed by atoms with Gasteiger partial charge in [-0.15, -0.1) is 0 Å². The van der Waals surface area contributed by atoms with Crippen molar-refractivity contribution >= 4 is 18.1 Å². The molecule has 0 fully saturated rings. The zero-order chi connectivity index (χ0) is 39.0. The molecule has 310 valence electrons. The van der Waals surface area contributed by atoms with E-state index in [9.17, 15) is 14.4 Å². The van der Waals surface area contributed by atoms with Gasteiger partial charge in [-0.2, -0.15) is 0 Å². The molecule has 1 atom stereocenters. The van der Waals surface area contributed by atoms with Gasteiger partial charge in [-0.25, -0.2) is 9.59 Å². The van der Waals surface area contributed by atoms with Crippen molar-refractivity contribution in [1.29, 1.82) is 0 Å². The summed E-state index contributed by atoms with van der Waals surface area (Å²) in [6.45, 7) is 7.79. The fourth-order valence-corrected chi connectivity index (χ4v) is 5.29. The van der Waals surface area contributed by atoms with Crippen LogP contribution in [-0.2, 0) is 38.0 Å². The molecule has 0 saturated heterocycles. The largest absolute Gasteiger partial charge is 0.508 e. The Kier molecular flexibility index (Phi) is 37.5. The summed E-state index contributed by atoms with van der Waals surface area (Å²) >= 11 is 0. The molecule has 0 aliphatic heterocycles. The van der Waals surface area contributed by atoms with Gasteiger partial charge in [0.05, 0.1) is 19.1 Å². The molecule has 1 unspecified atom stereocenters. The Hall–Kier alpha value is -2.43. The molecule has 0 bridgehead atoms. The molecule has 0 aromatic rings. The zero-order valence-corrected chi connectivity index (χ0v) is 34.6. The van der Waals surface area contributed by atoms with Crippen LogP contribution in [0.2, 0.25) is 0 Å². The number of likely N-dealkylation sites (N-methyl/N-ethyl adjacent to an activating group) is 1. The SMILES string of the molecule is CCCCCC=CCC=CCCCCCCCC(=O)OCC(COC(=O)OCCN(C)C)COC(=O)C(OCCCCCCC)OCCCCCCC. The molecule has 0 aromatic heterocycles. The first-order valence-electron chi connectivity index (χ1n) is 21.1. The third kappa shape index (κ3) is 36.3. The second kappa shape index (κ2) is 39.3. The van der Waals surface area contributed by atoms with E-state index < -0.39 is 24.3 Å². The molecular weight excluding hydrogens is 674 g/mol. The number of rotatable bonds is 38. The second-order valence-corrected chi connectivity index (χ2v) is 14.3. The van der Waals surface area contributed by atoms with Gasteiger partial charge in [-0.05, 0) is 65.5 Å². The summed E-state index contributed by atoms with van der Waals surface area (Å²) in [6, 6.07) is 0. The predicted octanol–water partition coefficient (Wildman–Crippen LogP) is 10.5. The fourth-order valence-electron chi connectivity index (χ4n) is 5.29.